The van der Waals surface area contributed by atoms with Gasteiger partial charge in [-0.05, 0) is 30.3 Å². The Morgan fingerprint density at radius 2 is 1.88 bits per heavy atom. The first-order valence-electron chi connectivity index (χ1n) is 7.41. The molecule has 4 rings (SSSR count). The Labute approximate surface area is 152 Å². The summed E-state index contributed by atoms with van der Waals surface area (Å²) in [7, 11) is 0. The number of carbonyl (C=O) groups excluding carboxylic acids is 2. The van der Waals surface area contributed by atoms with Gasteiger partial charge in [0, 0.05) is 10.6 Å². The number of fused-ring (bicyclic) bond motifs is 1. The highest BCUT2D eigenvalue weighted by Crippen LogP contribution is 2.29. The molecule has 1 saturated heterocycles. The van der Waals surface area contributed by atoms with Crippen molar-refractivity contribution in [2.75, 3.05) is 16.0 Å². The average Bonchev–Trinajstić information content (AvgIpc) is 3.13. The van der Waals surface area contributed by atoms with Crippen molar-refractivity contribution in [3.05, 3.63) is 59.1 Å². The van der Waals surface area contributed by atoms with Crippen LogP contribution in [0.25, 0.3) is 0 Å². The van der Waals surface area contributed by atoms with Crippen LogP contribution < -0.4 is 10.2 Å². The van der Waals surface area contributed by atoms with Crippen molar-refractivity contribution in [1.29, 1.82) is 0 Å². The van der Waals surface area contributed by atoms with Crippen LogP contribution in [0.3, 0.4) is 0 Å². The van der Waals surface area contributed by atoms with Crippen molar-refractivity contribution in [3.8, 4) is 0 Å². The van der Waals surface area contributed by atoms with E-state index in [-0.39, 0.29) is 23.3 Å². The van der Waals surface area contributed by atoms with Crippen LogP contribution in [0.1, 0.15) is 5.56 Å². The lowest BCUT2D eigenvalue weighted by Crippen LogP contribution is -2.29. The predicted molar refractivity (Wildman–Crippen MR) is 100 cm³/mol. The van der Waals surface area contributed by atoms with Gasteiger partial charge in [-0.3, -0.25) is 14.5 Å². The minimum Gasteiger partial charge on any atom is -0.320 e. The quantitative estimate of drug-likeness (QED) is 0.825. The lowest BCUT2D eigenvalue weighted by atomic mass is 10.1. The fourth-order valence-electron chi connectivity index (χ4n) is 2.58. The van der Waals surface area contributed by atoms with E-state index < -0.39 is 0 Å². The van der Waals surface area contributed by atoms with E-state index in [2.05, 4.69) is 15.5 Å². The smallest absolute Gasteiger partial charge is 0.276 e. The highest BCUT2D eigenvalue weighted by molar-refractivity contribution is 8.15. The van der Waals surface area contributed by atoms with E-state index in [1.165, 1.54) is 16.7 Å². The van der Waals surface area contributed by atoms with Gasteiger partial charge in [-0.1, -0.05) is 41.6 Å². The number of thioether (sulfide) groups is 1. The van der Waals surface area contributed by atoms with E-state index in [9.17, 15) is 9.59 Å². The summed E-state index contributed by atoms with van der Waals surface area (Å²) in [6.07, 6.45) is 0. The monoisotopic (exact) mass is 370 g/mol. The second kappa shape index (κ2) is 6.34. The molecule has 6 nitrogen and oxygen atoms in total. The van der Waals surface area contributed by atoms with Crippen molar-refractivity contribution in [1.82, 2.24) is 0 Å². The molecule has 2 amide bonds. The van der Waals surface area contributed by atoms with Gasteiger partial charge >= 0.3 is 0 Å². The molecule has 0 saturated carbocycles. The summed E-state index contributed by atoms with van der Waals surface area (Å²) >= 11 is 7.28. The Morgan fingerprint density at radius 1 is 1.08 bits per heavy atom. The predicted octanol–water partition coefficient (Wildman–Crippen LogP) is 3.13. The fraction of sp³-hybridized carbons (Fsp3) is 0.0588. The molecular formula is C17H11ClN4O2S. The van der Waals surface area contributed by atoms with Crippen LogP contribution in [0.4, 0.5) is 11.4 Å². The topological polar surface area (TPSA) is 74.1 Å². The van der Waals surface area contributed by atoms with Gasteiger partial charge in [-0.25, -0.2) is 0 Å². The third-order valence-corrected chi connectivity index (χ3v) is 4.86. The summed E-state index contributed by atoms with van der Waals surface area (Å²) in [5.74, 6) is -0.135. The van der Waals surface area contributed by atoms with E-state index in [4.69, 9.17) is 11.6 Å². The number of carbonyl (C=O) groups is 2. The van der Waals surface area contributed by atoms with E-state index in [1.54, 1.807) is 18.2 Å². The van der Waals surface area contributed by atoms with Crippen molar-refractivity contribution >= 4 is 57.4 Å². The molecule has 2 aliphatic heterocycles. The minimum absolute atomic E-state index is 0.0746. The van der Waals surface area contributed by atoms with Crippen molar-refractivity contribution < 1.29 is 9.59 Å². The number of nitrogens with zero attached hydrogens (tertiary/aromatic N) is 3. The Bertz CT molecular complexity index is 943. The molecule has 8 heteroatoms. The van der Waals surface area contributed by atoms with Crippen LogP contribution in [0, 0.1) is 0 Å². The van der Waals surface area contributed by atoms with E-state index >= 15 is 0 Å². The first-order chi connectivity index (χ1) is 12.1. The van der Waals surface area contributed by atoms with Gasteiger partial charge in [-0.15, -0.1) is 10.2 Å². The summed E-state index contributed by atoms with van der Waals surface area (Å²) in [6, 6.07) is 14.3. The highest BCUT2D eigenvalue weighted by atomic mass is 35.5. The lowest BCUT2D eigenvalue weighted by Gasteiger charge is -2.14. The normalized spacial score (nSPS) is 19.6. The molecule has 0 aliphatic carbocycles. The summed E-state index contributed by atoms with van der Waals surface area (Å²) in [4.78, 5) is 25.8. The number of amidine groups is 1. The fourth-order valence-corrected chi connectivity index (χ4v) is 3.57. The van der Waals surface area contributed by atoms with Gasteiger partial charge in [0.25, 0.3) is 5.91 Å². The first-order valence-corrected chi connectivity index (χ1v) is 8.77. The number of halogens is 1. The van der Waals surface area contributed by atoms with Crippen LogP contribution in [0.15, 0.2) is 58.7 Å². The Morgan fingerprint density at radius 3 is 2.68 bits per heavy atom. The summed E-state index contributed by atoms with van der Waals surface area (Å²) < 4.78 is 0. The SMILES string of the molecule is O=C1Nc2ccc(Cl)cc2C1=NN=C1SCC(=O)N1c1ccccc1. The van der Waals surface area contributed by atoms with Crippen LogP contribution in [-0.4, -0.2) is 28.4 Å². The largest absolute Gasteiger partial charge is 0.320 e. The Balaban J connectivity index is 1.72. The van der Waals surface area contributed by atoms with Crippen molar-refractivity contribution in [2.45, 2.75) is 0 Å². The summed E-state index contributed by atoms with van der Waals surface area (Å²) in [5, 5.41) is 11.9. The van der Waals surface area contributed by atoms with Crippen LogP contribution in [0.2, 0.25) is 5.02 Å². The van der Waals surface area contributed by atoms with Gasteiger partial charge in [0.1, 0.15) is 0 Å². The van der Waals surface area contributed by atoms with Crippen molar-refractivity contribution in [2.24, 2.45) is 10.2 Å². The molecule has 1 fully saturated rings. The van der Waals surface area contributed by atoms with Gasteiger partial charge in [0.05, 0.1) is 17.1 Å². The number of rotatable bonds is 2. The van der Waals surface area contributed by atoms with Gasteiger partial charge in [0.15, 0.2) is 10.9 Å². The summed E-state index contributed by atoms with van der Waals surface area (Å²) in [6.45, 7) is 0. The number of para-hydroxylation sites is 1. The standard InChI is InChI=1S/C17H11ClN4O2S/c18-10-6-7-13-12(8-10)15(16(24)19-13)20-21-17-22(14(23)9-25-17)11-4-2-1-3-5-11/h1-8H,9H2,(H,19,20,24). The molecule has 25 heavy (non-hydrogen) atoms. The number of amides is 2. The number of hydrogen-bond donors (Lipinski definition) is 1. The average molecular weight is 371 g/mol. The maximum atomic E-state index is 12.2. The third-order valence-electron chi connectivity index (χ3n) is 3.72. The second-order valence-electron chi connectivity index (χ2n) is 5.33. The maximum Gasteiger partial charge on any atom is 0.276 e. The van der Waals surface area contributed by atoms with Crippen LogP contribution >= 0.6 is 23.4 Å². The molecule has 1 N–H and O–H groups in total. The number of hydrogen-bond acceptors (Lipinski definition) is 5. The Hall–Kier alpha value is -2.64. The van der Waals surface area contributed by atoms with Gasteiger partial charge in [0.2, 0.25) is 5.91 Å². The Kier molecular flexibility index (Phi) is 4.03. The van der Waals surface area contributed by atoms with Gasteiger partial charge < -0.3 is 5.32 Å². The number of benzene rings is 2. The molecule has 0 aromatic heterocycles. The zero-order valence-corrected chi connectivity index (χ0v) is 14.3. The first kappa shape index (κ1) is 15.9. The molecule has 0 atom stereocenters. The second-order valence-corrected chi connectivity index (χ2v) is 6.71. The van der Waals surface area contributed by atoms with E-state index in [0.717, 1.165) is 5.69 Å². The molecule has 0 unspecified atom stereocenters. The third kappa shape index (κ3) is 2.92. The number of nitrogens with one attached hydrogen (secondary N) is 1. The molecule has 2 aromatic carbocycles. The molecular weight excluding hydrogens is 360 g/mol. The molecule has 2 heterocycles. The van der Waals surface area contributed by atoms with Crippen LogP contribution in [0.5, 0.6) is 0 Å². The van der Waals surface area contributed by atoms with E-state index in [1.807, 2.05) is 30.3 Å². The maximum absolute atomic E-state index is 12.2. The summed E-state index contributed by atoms with van der Waals surface area (Å²) in [5.41, 5.74) is 2.14. The minimum atomic E-state index is -0.345. The van der Waals surface area contributed by atoms with E-state index in [0.29, 0.717) is 21.4 Å². The molecule has 0 spiro atoms. The molecule has 0 bridgehead atoms. The van der Waals surface area contributed by atoms with Gasteiger partial charge in [-0.2, -0.15) is 0 Å². The number of anilines is 2. The lowest BCUT2D eigenvalue weighted by molar-refractivity contribution is -0.115. The molecule has 0 radical (unpaired) electrons. The zero-order chi connectivity index (χ0) is 17.4. The highest BCUT2D eigenvalue weighted by Gasteiger charge is 2.31. The molecule has 2 aromatic rings. The van der Waals surface area contributed by atoms with Crippen LogP contribution in [-0.2, 0) is 9.59 Å². The zero-order valence-electron chi connectivity index (χ0n) is 12.8. The molecule has 2 aliphatic rings. The molecule has 124 valence electrons. The van der Waals surface area contributed by atoms with Crippen molar-refractivity contribution in [3.63, 3.8) is 0 Å².